The molecule has 0 spiro atoms. The van der Waals surface area contributed by atoms with Crippen LogP contribution in [0.5, 0.6) is 23.0 Å². The van der Waals surface area contributed by atoms with Gasteiger partial charge in [-0.2, -0.15) is 36.9 Å². The van der Waals surface area contributed by atoms with Gasteiger partial charge in [-0.1, -0.05) is 124 Å². The number of carbonyl (C=O) groups excluding carboxylic acids is 2. The van der Waals surface area contributed by atoms with Crippen LogP contribution in [0.1, 0.15) is 51.0 Å². The Labute approximate surface area is 363 Å². The van der Waals surface area contributed by atoms with Crippen LogP contribution in [-0.2, 0) is 19.1 Å². The summed E-state index contributed by atoms with van der Waals surface area (Å²) in [5.74, 6) is -2.54. The molecule has 6 rings (SSSR count). The van der Waals surface area contributed by atoms with Gasteiger partial charge in [0.2, 0.25) is 12.2 Å². The number of nitrogens with zero attached hydrogens (tertiary/aromatic N) is 2. The molecule has 2 fully saturated rings. The van der Waals surface area contributed by atoms with E-state index in [-0.39, 0.29) is 0 Å². The minimum Gasteiger partial charge on any atom is -0.457 e. The molecule has 0 amide bonds. The zero-order chi connectivity index (χ0) is 45.6. The number of para-hydroxylation sites is 2. The highest BCUT2D eigenvalue weighted by Crippen LogP contribution is 2.62. The maximum atomic E-state index is 12.7. The van der Waals surface area contributed by atoms with Gasteiger partial charge in [-0.05, 0) is 71.2 Å². The zero-order valence-corrected chi connectivity index (χ0v) is 34.9. The molecule has 62 heavy (non-hydrogen) atoms. The fourth-order valence-electron chi connectivity index (χ4n) is 6.83. The van der Waals surface area contributed by atoms with Crippen LogP contribution in [0.25, 0.3) is 0 Å². The van der Waals surface area contributed by atoms with E-state index < -0.39 is 81.1 Å². The molecule has 0 N–H and O–H groups in total. The van der Waals surface area contributed by atoms with Crippen molar-refractivity contribution in [1.82, 2.24) is 0 Å². The first-order valence-corrected chi connectivity index (χ1v) is 19.6. The van der Waals surface area contributed by atoms with Crippen molar-refractivity contribution in [3.8, 4) is 35.1 Å². The lowest BCUT2D eigenvalue weighted by Crippen LogP contribution is -2.14. The standard InChI is InChI=1S/2C23H19ClF3NO3/c2*1-22(2)17(12-19(24)23(25,26)27)20(22)21(29)31-18(13-28)14-7-6-10-16(11-14)30-15-8-4-3-5-9-15/h2*3-12,17-18,20H,1-2H3/b2*19-12-. The Morgan fingerprint density at radius 1 is 0.581 bits per heavy atom. The van der Waals surface area contributed by atoms with E-state index in [1.807, 2.05) is 48.5 Å². The van der Waals surface area contributed by atoms with Gasteiger partial charge in [0.15, 0.2) is 0 Å². The van der Waals surface area contributed by atoms with Gasteiger partial charge in [0, 0.05) is 11.1 Å². The third kappa shape index (κ3) is 11.7. The lowest BCUT2D eigenvalue weighted by molar-refractivity contribution is -0.150. The highest BCUT2D eigenvalue weighted by atomic mass is 35.5. The van der Waals surface area contributed by atoms with E-state index in [9.17, 15) is 46.5 Å². The van der Waals surface area contributed by atoms with Crippen molar-refractivity contribution in [2.75, 3.05) is 0 Å². The maximum absolute atomic E-state index is 12.7. The van der Waals surface area contributed by atoms with Crippen molar-refractivity contribution in [1.29, 1.82) is 10.5 Å². The summed E-state index contributed by atoms with van der Waals surface area (Å²) in [6.07, 6.45) is -10.1. The second-order valence-electron chi connectivity index (χ2n) is 15.5. The molecule has 4 aromatic carbocycles. The fourth-order valence-corrected chi connectivity index (χ4v) is 7.10. The molecule has 0 radical (unpaired) electrons. The Morgan fingerprint density at radius 2 is 0.903 bits per heavy atom. The minimum atomic E-state index is -4.68. The Bertz CT molecular complexity index is 2220. The molecule has 2 aliphatic rings. The number of hydrogen-bond donors (Lipinski definition) is 0. The molecule has 2 saturated carbocycles. The number of alkyl halides is 6. The molecule has 0 saturated heterocycles. The lowest BCUT2D eigenvalue weighted by atomic mass is 10.1. The smallest absolute Gasteiger partial charge is 0.426 e. The summed E-state index contributed by atoms with van der Waals surface area (Å²) in [5, 5.41) is 16.5. The topological polar surface area (TPSA) is 119 Å². The van der Waals surface area contributed by atoms with Gasteiger partial charge in [-0.3, -0.25) is 9.59 Å². The second-order valence-corrected chi connectivity index (χ2v) is 16.4. The molecule has 2 aliphatic carbocycles. The summed E-state index contributed by atoms with van der Waals surface area (Å²) in [4.78, 5) is 25.2. The number of allylic oxidation sites excluding steroid dienone is 4. The van der Waals surface area contributed by atoms with E-state index in [1.54, 1.807) is 100 Å². The molecule has 0 heterocycles. The molecule has 0 aromatic heterocycles. The van der Waals surface area contributed by atoms with Crippen LogP contribution in [0.15, 0.2) is 131 Å². The molecule has 8 nitrogen and oxygen atoms in total. The highest BCUT2D eigenvalue weighted by Gasteiger charge is 2.63. The molecule has 6 unspecified atom stereocenters. The molecule has 4 aromatic rings. The van der Waals surface area contributed by atoms with Gasteiger partial charge >= 0.3 is 24.3 Å². The lowest BCUT2D eigenvalue weighted by Gasteiger charge is -2.13. The van der Waals surface area contributed by atoms with Crippen molar-refractivity contribution >= 4 is 35.1 Å². The summed E-state index contributed by atoms with van der Waals surface area (Å²) in [6, 6.07) is 34.9. The largest absolute Gasteiger partial charge is 0.457 e. The molecule has 0 aliphatic heterocycles. The summed E-state index contributed by atoms with van der Waals surface area (Å²) in [6.45, 7) is 6.60. The number of nitriles is 2. The fraction of sp³-hybridized carbons (Fsp3) is 0.304. The average Bonchev–Trinajstić information content (AvgIpc) is 3.99. The third-order valence-corrected chi connectivity index (χ3v) is 11.2. The van der Waals surface area contributed by atoms with Crippen molar-refractivity contribution in [2.45, 2.75) is 52.3 Å². The van der Waals surface area contributed by atoms with E-state index in [0.29, 0.717) is 34.1 Å². The summed E-state index contributed by atoms with van der Waals surface area (Å²) in [7, 11) is 0. The quantitative estimate of drug-likeness (QED) is 0.102. The van der Waals surface area contributed by atoms with E-state index in [2.05, 4.69) is 0 Å². The van der Waals surface area contributed by atoms with E-state index in [4.69, 9.17) is 42.1 Å². The Balaban J connectivity index is 0.000000234. The minimum absolute atomic E-state index is 0.392. The van der Waals surface area contributed by atoms with Crippen LogP contribution < -0.4 is 9.47 Å². The normalized spacial score (nSPS) is 21.0. The second kappa shape index (κ2) is 19.0. The van der Waals surface area contributed by atoms with Crippen LogP contribution >= 0.6 is 23.2 Å². The van der Waals surface area contributed by atoms with Gasteiger partial charge in [-0.15, -0.1) is 0 Å². The van der Waals surface area contributed by atoms with Gasteiger partial charge in [0.1, 0.15) is 45.2 Å². The first kappa shape index (κ1) is 47.1. The number of ether oxygens (including phenoxy) is 4. The molecule has 16 heteroatoms. The first-order valence-electron chi connectivity index (χ1n) is 18.8. The van der Waals surface area contributed by atoms with Crippen LogP contribution in [0, 0.1) is 57.2 Å². The number of hydrogen-bond acceptors (Lipinski definition) is 8. The number of esters is 2. The highest BCUT2D eigenvalue weighted by molar-refractivity contribution is 6.30. The maximum Gasteiger partial charge on any atom is 0.426 e. The van der Waals surface area contributed by atoms with E-state index in [1.165, 1.54) is 0 Å². The molecular weight excluding hydrogens is 861 g/mol. The van der Waals surface area contributed by atoms with Crippen molar-refractivity contribution < 1.29 is 54.9 Å². The van der Waals surface area contributed by atoms with Crippen LogP contribution in [-0.4, -0.2) is 24.3 Å². The number of rotatable bonds is 12. The first-order chi connectivity index (χ1) is 29.1. The zero-order valence-electron chi connectivity index (χ0n) is 33.4. The summed E-state index contributed by atoms with van der Waals surface area (Å²) < 4.78 is 98.5. The third-order valence-electron chi connectivity index (χ3n) is 10.5. The average molecular weight is 900 g/mol. The summed E-state index contributed by atoms with van der Waals surface area (Å²) in [5.41, 5.74) is -0.743. The monoisotopic (exact) mass is 898 g/mol. The van der Waals surface area contributed by atoms with Crippen molar-refractivity contribution in [3.63, 3.8) is 0 Å². The van der Waals surface area contributed by atoms with Crippen LogP contribution in [0.2, 0.25) is 0 Å². The molecule has 324 valence electrons. The van der Waals surface area contributed by atoms with Crippen LogP contribution in [0.3, 0.4) is 0 Å². The molecule has 0 bridgehead atoms. The number of carbonyl (C=O) groups is 2. The van der Waals surface area contributed by atoms with Gasteiger partial charge in [-0.25, -0.2) is 0 Å². The Kier molecular flexibility index (Phi) is 14.4. The predicted molar refractivity (Wildman–Crippen MR) is 216 cm³/mol. The predicted octanol–water partition coefficient (Wildman–Crippen LogP) is 13.1. The SMILES string of the molecule is CC1(C)C(/C=C(\Cl)C(F)(F)F)C1C(=O)OC(C#N)c1cccc(Oc2ccccc2)c1.CC1(C)C(/C=C(\Cl)C(F)(F)F)C1C(=O)OC(C#N)c1cccc(Oc2ccccc2)c1. The number of halogens is 8. The Hall–Kier alpha value is -5.96. The number of benzene rings is 4. The Morgan fingerprint density at radius 3 is 1.21 bits per heavy atom. The van der Waals surface area contributed by atoms with Gasteiger partial charge < -0.3 is 18.9 Å². The summed E-state index contributed by atoms with van der Waals surface area (Å²) >= 11 is 10.6. The van der Waals surface area contributed by atoms with E-state index >= 15 is 0 Å². The van der Waals surface area contributed by atoms with Gasteiger partial charge in [0.25, 0.3) is 0 Å². The van der Waals surface area contributed by atoms with Crippen molar-refractivity contribution in [2.24, 2.45) is 34.5 Å². The molecule has 6 atom stereocenters. The van der Waals surface area contributed by atoms with Gasteiger partial charge in [0.05, 0.1) is 11.8 Å². The molecular formula is C46H38Cl2F6N2O6. The van der Waals surface area contributed by atoms with Crippen LogP contribution in [0.4, 0.5) is 26.3 Å². The van der Waals surface area contributed by atoms with E-state index in [0.717, 1.165) is 12.2 Å². The van der Waals surface area contributed by atoms with Crippen molar-refractivity contribution in [3.05, 3.63) is 143 Å².